The van der Waals surface area contributed by atoms with Crippen LogP contribution >= 0.6 is 7.82 Å². The van der Waals surface area contributed by atoms with E-state index in [4.69, 9.17) is 14.3 Å². The SMILES string of the molecule is CCCCCCCCc1ccccc1OP(=O)(O)O.[Ca+2].[H-].[H-]. The minimum atomic E-state index is -4.47. The third kappa shape index (κ3) is 9.38. The van der Waals surface area contributed by atoms with Crippen LogP contribution in [-0.2, 0) is 11.0 Å². The molecule has 112 valence electrons. The molecule has 0 aliphatic carbocycles. The van der Waals surface area contributed by atoms with Gasteiger partial charge in [-0.25, -0.2) is 4.57 Å². The maximum absolute atomic E-state index is 10.9. The summed E-state index contributed by atoms with van der Waals surface area (Å²) in [6.45, 7) is 2.19. The van der Waals surface area contributed by atoms with E-state index in [0.29, 0.717) is 5.75 Å². The molecule has 0 atom stereocenters. The molecule has 1 aromatic carbocycles. The third-order valence-electron chi connectivity index (χ3n) is 2.99. The molecule has 0 fully saturated rings. The zero-order chi connectivity index (χ0) is 14.1. The van der Waals surface area contributed by atoms with Crippen molar-refractivity contribution in [2.24, 2.45) is 0 Å². The van der Waals surface area contributed by atoms with Crippen molar-refractivity contribution in [3.8, 4) is 5.75 Å². The molecule has 0 heterocycles. The van der Waals surface area contributed by atoms with E-state index in [1.54, 1.807) is 12.1 Å². The van der Waals surface area contributed by atoms with Gasteiger partial charge in [-0.1, -0.05) is 57.2 Å². The topological polar surface area (TPSA) is 66.8 Å². The summed E-state index contributed by atoms with van der Waals surface area (Å²) >= 11 is 0. The van der Waals surface area contributed by atoms with Crippen LogP contribution in [0, 0.1) is 0 Å². The molecule has 4 nitrogen and oxygen atoms in total. The summed E-state index contributed by atoms with van der Waals surface area (Å²) in [7, 11) is -4.47. The third-order valence-corrected chi connectivity index (χ3v) is 3.42. The summed E-state index contributed by atoms with van der Waals surface area (Å²) in [5.74, 6) is 0.296. The van der Waals surface area contributed by atoms with Crippen LogP contribution in [-0.4, -0.2) is 47.5 Å². The van der Waals surface area contributed by atoms with E-state index >= 15 is 0 Å². The molecule has 1 aromatic rings. The molecule has 6 heteroatoms. The quantitative estimate of drug-likeness (QED) is 0.410. The number of phosphoric acid groups is 1. The summed E-state index contributed by atoms with van der Waals surface area (Å²) in [6.07, 6.45) is 7.95. The largest absolute Gasteiger partial charge is 2.00 e. The maximum atomic E-state index is 10.9. The van der Waals surface area contributed by atoms with Crippen molar-refractivity contribution in [2.45, 2.75) is 51.9 Å². The number of benzene rings is 1. The minimum absolute atomic E-state index is 0. The van der Waals surface area contributed by atoms with Crippen LogP contribution in [0.1, 0.15) is 53.9 Å². The maximum Gasteiger partial charge on any atom is 2.00 e. The molecule has 0 unspecified atom stereocenters. The Balaban J connectivity index is -0.00000120. The second kappa shape index (κ2) is 11.1. The van der Waals surface area contributed by atoms with Crippen molar-refractivity contribution in [2.75, 3.05) is 0 Å². The van der Waals surface area contributed by atoms with E-state index in [9.17, 15) is 4.57 Å². The van der Waals surface area contributed by atoms with Gasteiger partial charge in [0.2, 0.25) is 0 Å². The van der Waals surface area contributed by atoms with E-state index in [0.717, 1.165) is 24.8 Å². The van der Waals surface area contributed by atoms with Gasteiger partial charge >= 0.3 is 45.6 Å². The normalized spacial score (nSPS) is 10.9. The second-order valence-electron chi connectivity index (χ2n) is 4.71. The van der Waals surface area contributed by atoms with Gasteiger partial charge in [-0.05, 0) is 24.5 Å². The van der Waals surface area contributed by atoms with E-state index in [-0.39, 0.29) is 40.6 Å². The molecular formula is C14H25CaO4P. The van der Waals surface area contributed by atoms with Gasteiger partial charge in [0, 0.05) is 0 Å². The summed E-state index contributed by atoms with van der Waals surface area (Å²) in [6, 6.07) is 7.04. The molecule has 1 rings (SSSR count). The van der Waals surface area contributed by atoms with Crippen LogP contribution < -0.4 is 4.52 Å². The Kier molecular flexibility index (Phi) is 11.3. The fraction of sp³-hybridized carbons (Fsp3) is 0.571. The Morgan fingerprint density at radius 2 is 1.70 bits per heavy atom. The molecule has 0 aliphatic rings. The summed E-state index contributed by atoms with van der Waals surface area (Å²) in [5, 5.41) is 0. The van der Waals surface area contributed by atoms with Crippen molar-refractivity contribution in [3.63, 3.8) is 0 Å². The van der Waals surface area contributed by atoms with Gasteiger partial charge in [-0.2, -0.15) is 0 Å². The van der Waals surface area contributed by atoms with Crippen molar-refractivity contribution >= 4 is 45.6 Å². The van der Waals surface area contributed by atoms with Gasteiger partial charge in [-0.15, -0.1) is 0 Å². The molecule has 0 aliphatic heterocycles. The molecule has 0 saturated heterocycles. The zero-order valence-corrected chi connectivity index (χ0v) is 15.2. The van der Waals surface area contributed by atoms with E-state index in [1.165, 1.54) is 25.7 Å². The predicted molar refractivity (Wildman–Crippen MR) is 84.2 cm³/mol. The van der Waals surface area contributed by atoms with Gasteiger partial charge in [0.25, 0.3) is 0 Å². The predicted octanol–water partition coefficient (Wildman–Crippen LogP) is 3.91. The molecule has 0 saturated carbocycles. The van der Waals surface area contributed by atoms with Crippen molar-refractivity contribution in [3.05, 3.63) is 29.8 Å². The van der Waals surface area contributed by atoms with Gasteiger partial charge in [0.05, 0.1) is 0 Å². The van der Waals surface area contributed by atoms with E-state index in [2.05, 4.69) is 6.92 Å². The van der Waals surface area contributed by atoms with Crippen LogP contribution in [0.15, 0.2) is 24.3 Å². The monoisotopic (exact) mass is 328 g/mol. The minimum Gasteiger partial charge on any atom is -1.00 e. The molecular weight excluding hydrogens is 303 g/mol. The summed E-state index contributed by atoms with van der Waals surface area (Å²) < 4.78 is 15.6. The number of aryl methyl sites for hydroxylation is 1. The number of hydrogen-bond donors (Lipinski definition) is 2. The van der Waals surface area contributed by atoms with Crippen molar-refractivity contribution in [1.82, 2.24) is 0 Å². The molecule has 0 aromatic heterocycles. The molecule has 20 heavy (non-hydrogen) atoms. The molecule has 2 N–H and O–H groups in total. The Morgan fingerprint density at radius 3 is 2.35 bits per heavy atom. The fourth-order valence-electron chi connectivity index (χ4n) is 2.02. The van der Waals surface area contributed by atoms with Gasteiger partial charge in [-0.3, -0.25) is 9.79 Å². The standard InChI is InChI=1S/C14H23O4P.Ca.2H/c1-2-3-4-5-6-7-10-13-11-8-9-12-14(13)18-19(15,16)17;;;/h8-9,11-12H,2-7,10H2,1H3,(H2,15,16,17);;;/q;+2;2*-1. The van der Waals surface area contributed by atoms with Crippen LogP contribution in [0.3, 0.4) is 0 Å². The van der Waals surface area contributed by atoms with Crippen molar-refractivity contribution in [1.29, 1.82) is 0 Å². The number of rotatable bonds is 9. The number of phosphoric ester groups is 1. The summed E-state index contributed by atoms with van der Waals surface area (Å²) in [5.41, 5.74) is 0.862. The van der Waals surface area contributed by atoms with Crippen LogP contribution in [0.4, 0.5) is 0 Å². The van der Waals surface area contributed by atoms with Gasteiger partial charge < -0.3 is 7.38 Å². The fourth-order valence-corrected chi connectivity index (χ4v) is 2.46. The van der Waals surface area contributed by atoms with Crippen LogP contribution in [0.5, 0.6) is 5.75 Å². The van der Waals surface area contributed by atoms with Crippen LogP contribution in [0.25, 0.3) is 0 Å². The Hall–Kier alpha value is 0.430. The smallest absolute Gasteiger partial charge is 1.00 e. The Morgan fingerprint density at radius 1 is 1.10 bits per heavy atom. The molecule has 0 radical (unpaired) electrons. The first-order valence-corrected chi connectivity index (χ1v) is 8.39. The second-order valence-corrected chi connectivity index (χ2v) is 5.87. The van der Waals surface area contributed by atoms with Gasteiger partial charge in [0.15, 0.2) is 0 Å². The molecule has 0 amide bonds. The number of unbranched alkanes of at least 4 members (excludes halogenated alkanes) is 5. The first-order chi connectivity index (χ1) is 9.03. The molecule has 0 bridgehead atoms. The average Bonchev–Trinajstić information content (AvgIpc) is 2.33. The van der Waals surface area contributed by atoms with Gasteiger partial charge in [0.1, 0.15) is 5.75 Å². The average molecular weight is 328 g/mol. The first-order valence-electron chi connectivity index (χ1n) is 6.86. The van der Waals surface area contributed by atoms with E-state index < -0.39 is 7.82 Å². The Labute approximate surface area is 154 Å². The van der Waals surface area contributed by atoms with E-state index in [1.807, 2.05) is 12.1 Å². The number of hydrogen-bond acceptors (Lipinski definition) is 2. The zero-order valence-electron chi connectivity index (χ0n) is 14.1. The first kappa shape index (κ1) is 20.4. The molecule has 0 spiro atoms. The van der Waals surface area contributed by atoms with Crippen LogP contribution in [0.2, 0.25) is 0 Å². The number of para-hydroxylation sites is 1. The Bertz CT molecular complexity index is 429. The summed E-state index contributed by atoms with van der Waals surface area (Å²) in [4.78, 5) is 17.7. The van der Waals surface area contributed by atoms with Crippen molar-refractivity contribution < 1.29 is 21.7 Å².